The second kappa shape index (κ2) is 22.4. The molecule has 0 aromatic carbocycles. The second-order valence-electron chi connectivity index (χ2n) is 1.30. The molecule has 1 N–H and O–H groups in total. The van der Waals surface area contributed by atoms with E-state index in [9.17, 15) is 0 Å². The first-order valence-electron chi connectivity index (χ1n) is 2.84. The number of aliphatic hydroxyl groups excluding tert-OH is 1. The SMILES string of the molecule is CC(=O)[O-].CC(=O)[O-].CCO.[Cu+2]. The van der Waals surface area contributed by atoms with Crippen LogP contribution in [0.2, 0.25) is 0 Å². The van der Waals surface area contributed by atoms with Gasteiger partial charge in [-0.2, -0.15) is 0 Å². The number of carbonyl (C=O) groups is 2. The summed E-state index contributed by atoms with van der Waals surface area (Å²) in [5.74, 6) is -2.17. The molecule has 0 aliphatic heterocycles. The first-order chi connectivity index (χ1) is 4.88. The Bertz CT molecular complexity index is 84.1. The summed E-state index contributed by atoms with van der Waals surface area (Å²) >= 11 is 0. The van der Waals surface area contributed by atoms with Crippen molar-refractivity contribution in [1.82, 2.24) is 0 Å². The van der Waals surface area contributed by atoms with Crippen molar-refractivity contribution in [3.63, 3.8) is 0 Å². The molecular weight excluding hydrogens is 216 g/mol. The summed E-state index contributed by atoms with van der Waals surface area (Å²) in [7, 11) is 0. The van der Waals surface area contributed by atoms with Gasteiger partial charge in [-0.25, -0.2) is 0 Å². The Morgan fingerprint density at radius 3 is 1.17 bits per heavy atom. The summed E-state index contributed by atoms with van der Waals surface area (Å²) in [6.45, 7) is 3.88. The average Bonchev–Trinajstić information content (AvgIpc) is 1.60. The van der Waals surface area contributed by atoms with E-state index in [1.807, 2.05) is 0 Å². The van der Waals surface area contributed by atoms with E-state index in [-0.39, 0.29) is 23.7 Å². The van der Waals surface area contributed by atoms with E-state index >= 15 is 0 Å². The Morgan fingerprint density at radius 1 is 1.17 bits per heavy atom. The predicted molar refractivity (Wildman–Crippen MR) is 34.1 cm³/mol. The first-order valence-corrected chi connectivity index (χ1v) is 2.84. The van der Waals surface area contributed by atoms with Crippen LogP contribution in [-0.2, 0) is 26.7 Å². The Hall–Kier alpha value is -0.581. The van der Waals surface area contributed by atoms with E-state index in [0.717, 1.165) is 13.8 Å². The van der Waals surface area contributed by atoms with Crippen LogP contribution in [0.5, 0.6) is 0 Å². The van der Waals surface area contributed by atoms with Gasteiger partial charge in [0, 0.05) is 18.5 Å². The number of hydrogen-bond acceptors (Lipinski definition) is 5. The molecule has 0 saturated heterocycles. The fourth-order valence-electron chi connectivity index (χ4n) is 0. The molecule has 0 rings (SSSR count). The number of hydrogen-bond donors (Lipinski definition) is 1. The number of carbonyl (C=O) groups excluding carboxylic acids is 2. The molecular formula is C6H12CuO5. The maximum atomic E-state index is 8.89. The summed E-state index contributed by atoms with van der Waals surface area (Å²) in [4.78, 5) is 17.8. The third kappa shape index (κ3) is 1980. The molecule has 0 aliphatic rings. The molecule has 1 radical (unpaired) electrons. The van der Waals surface area contributed by atoms with Gasteiger partial charge in [-0.3, -0.25) is 0 Å². The van der Waals surface area contributed by atoms with E-state index in [1.165, 1.54) is 0 Å². The van der Waals surface area contributed by atoms with Crippen LogP contribution in [0.15, 0.2) is 0 Å². The third-order valence-electron chi connectivity index (χ3n) is 0. The van der Waals surface area contributed by atoms with Crippen LogP contribution in [0.25, 0.3) is 0 Å². The third-order valence-corrected chi connectivity index (χ3v) is 0. The quantitative estimate of drug-likeness (QED) is 0.462. The average molecular weight is 228 g/mol. The van der Waals surface area contributed by atoms with Gasteiger partial charge in [0.25, 0.3) is 0 Å². The first kappa shape index (κ1) is 22.5. The van der Waals surface area contributed by atoms with Gasteiger partial charge in [-0.1, -0.05) is 0 Å². The smallest absolute Gasteiger partial charge is 0.550 e. The Kier molecular flexibility index (Phi) is 42.1. The second-order valence-corrected chi connectivity index (χ2v) is 1.30. The molecule has 0 atom stereocenters. The van der Waals surface area contributed by atoms with E-state index < -0.39 is 11.9 Å². The van der Waals surface area contributed by atoms with Gasteiger partial charge in [0.1, 0.15) is 0 Å². The molecule has 0 amide bonds. The van der Waals surface area contributed by atoms with Crippen LogP contribution in [0.4, 0.5) is 0 Å². The molecule has 0 aromatic heterocycles. The van der Waals surface area contributed by atoms with E-state index in [1.54, 1.807) is 6.92 Å². The summed E-state index contributed by atoms with van der Waals surface area (Å²) in [5, 5.41) is 25.3. The monoisotopic (exact) mass is 227 g/mol. The van der Waals surface area contributed by atoms with Crippen LogP contribution in [0, 0.1) is 0 Å². The van der Waals surface area contributed by atoms with E-state index in [0.29, 0.717) is 0 Å². The fraction of sp³-hybridized carbons (Fsp3) is 0.667. The molecule has 5 nitrogen and oxygen atoms in total. The van der Waals surface area contributed by atoms with Gasteiger partial charge < -0.3 is 24.9 Å². The molecule has 0 bridgehead atoms. The van der Waals surface area contributed by atoms with Crippen molar-refractivity contribution in [3.05, 3.63) is 0 Å². The van der Waals surface area contributed by atoms with Gasteiger partial charge in [-0.15, -0.1) is 0 Å². The molecule has 0 aromatic rings. The molecule has 0 saturated carbocycles. The van der Waals surface area contributed by atoms with Crippen molar-refractivity contribution in [2.75, 3.05) is 6.61 Å². The van der Waals surface area contributed by atoms with Crippen molar-refractivity contribution >= 4 is 11.9 Å². The number of carboxylic acid groups (broad SMARTS) is 2. The fourth-order valence-corrected chi connectivity index (χ4v) is 0. The molecule has 0 spiro atoms. The van der Waals surface area contributed by atoms with Gasteiger partial charge in [0.05, 0.1) is 0 Å². The van der Waals surface area contributed by atoms with Crippen molar-refractivity contribution in [2.45, 2.75) is 20.8 Å². The predicted octanol–water partition coefficient (Wildman–Crippen LogP) is -2.49. The number of aliphatic hydroxyl groups is 1. The number of rotatable bonds is 0. The van der Waals surface area contributed by atoms with Crippen molar-refractivity contribution in [1.29, 1.82) is 0 Å². The summed E-state index contributed by atoms with van der Waals surface area (Å²) < 4.78 is 0. The minimum atomic E-state index is -1.08. The van der Waals surface area contributed by atoms with Gasteiger partial charge >= 0.3 is 17.1 Å². The van der Waals surface area contributed by atoms with Crippen LogP contribution in [0.3, 0.4) is 0 Å². The number of carboxylic acids is 2. The maximum Gasteiger partial charge on any atom is 2.00 e. The summed E-state index contributed by atoms with van der Waals surface area (Å²) in [6.07, 6.45) is 0. The molecule has 0 heterocycles. The Labute approximate surface area is 81.9 Å². The zero-order valence-electron chi connectivity index (χ0n) is 7.09. The minimum Gasteiger partial charge on any atom is -0.550 e. The Morgan fingerprint density at radius 2 is 1.17 bits per heavy atom. The van der Waals surface area contributed by atoms with Crippen LogP contribution in [-0.4, -0.2) is 23.7 Å². The standard InChI is InChI=1S/2C2H4O2.C2H6O.Cu/c2*1-2(3)4;1-2-3;/h2*1H3,(H,3,4);3H,2H2,1H3;/q;;;+2/p-2. The van der Waals surface area contributed by atoms with Gasteiger partial charge in [-0.05, 0) is 20.8 Å². The van der Waals surface area contributed by atoms with Gasteiger partial charge in [0.2, 0.25) is 0 Å². The van der Waals surface area contributed by atoms with E-state index in [2.05, 4.69) is 0 Å². The minimum absolute atomic E-state index is 0. The van der Waals surface area contributed by atoms with Crippen molar-refractivity contribution in [3.8, 4) is 0 Å². The van der Waals surface area contributed by atoms with Gasteiger partial charge in [0.15, 0.2) is 0 Å². The zero-order chi connectivity index (χ0) is 9.86. The molecule has 6 heteroatoms. The van der Waals surface area contributed by atoms with E-state index in [4.69, 9.17) is 24.9 Å². The topological polar surface area (TPSA) is 100 Å². The normalized spacial score (nSPS) is 5.67. The molecule has 0 unspecified atom stereocenters. The van der Waals surface area contributed by atoms with Crippen LogP contribution >= 0.6 is 0 Å². The van der Waals surface area contributed by atoms with Crippen molar-refractivity contribution in [2.24, 2.45) is 0 Å². The van der Waals surface area contributed by atoms with Crippen LogP contribution < -0.4 is 10.2 Å². The Balaban J connectivity index is -0.0000000389. The molecule has 0 aliphatic carbocycles. The largest absolute Gasteiger partial charge is 2.00 e. The molecule has 77 valence electrons. The van der Waals surface area contributed by atoms with Crippen molar-refractivity contribution < 1.29 is 42.0 Å². The number of aliphatic carboxylic acids is 2. The maximum absolute atomic E-state index is 8.89. The van der Waals surface area contributed by atoms with Crippen LogP contribution in [0.1, 0.15) is 20.8 Å². The zero-order valence-corrected chi connectivity index (χ0v) is 8.03. The molecule has 0 fully saturated rings. The summed E-state index contributed by atoms with van der Waals surface area (Å²) in [6, 6.07) is 0. The summed E-state index contributed by atoms with van der Waals surface area (Å²) in [5.41, 5.74) is 0. The molecule has 12 heavy (non-hydrogen) atoms.